The van der Waals surface area contributed by atoms with Crippen molar-refractivity contribution in [1.82, 2.24) is 0 Å². The smallest absolute Gasteiger partial charge is 0.237 e. The van der Waals surface area contributed by atoms with Crippen LogP contribution in [0.25, 0.3) is 0 Å². The van der Waals surface area contributed by atoms with E-state index in [-0.39, 0.29) is 11.2 Å². The Morgan fingerprint density at radius 2 is 1.95 bits per heavy atom. The molecule has 4 heteroatoms. The second-order valence-corrected chi connectivity index (χ2v) is 7.19. The van der Waals surface area contributed by atoms with Gasteiger partial charge in [0.05, 0.1) is 5.75 Å². The molecule has 1 unspecified atom stereocenters. The Morgan fingerprint density at radius 3 is 2.73 bits per heavy atom. The number of anilines is 1. The molecule has 2 aromatic rings. The number of rotatable bonds is 4. The molecule has 0 saturated carbocycles. The summed E-state index contributed by atoms with van der Waals surface area (Å²) in [5, 5.41) is 1.02. The van der Waals surface area contributed by atoms with E-state index in [4.69, 9.17) is 11.6 Å². The molecule has 1 atom stereocenters. The summed E-state index contributed by atoms with van der Waals surface area (Å²) in [6, 6.07) is 16.0. The van der Waals surface area contributed by atoms with Crippen molar-refractivity contribution in [3.63, 3.8) is 0 Å². The lowest BCUT2D eigenvalue weighted by Crippen LogP contribution is -2.30. The van der Waals surface area contributed by atoms with Gasteiger partial charge in [0.2, 0.25) is 5.91 Å². The molecular weight excluding hydrogens is 314 g/mol. The molecule has 1 amide bonds. The number of fused-ring (bicyclic) bond motifs is 1. The molecule has 1 aliphatic heterocycles. The fourth-order valence-corrected chi connectivity index (χ4v) is 3.73. The fraction of sp³-hybridized carbons (Fsp3) is 0.278. The van der Waals surface area contributed by atoms with Gasteiger partial charge in [-0.05, 0) is 42.7 Å². The first-order valence-corrected chi connectivity index (χ1v) is 8.83. The van der Waals surface area contributed by atoms with Crippen LogP contribution in [0, 0.1) is 0 Å². The van der Waals surface area contributed by atoms with Gasteiger partial charge in [0.1, 0.15) is 0 Å². The molecule has 0 bridgehead atoms. The molecule has 22 heavy (non-hydrogen) atoms. The van der Waals surface area contributed by atoms with Crippen LogP contribution in [0.5, 0.6) is 0 Å². The number of carbonyl (C=O) groups is 1. The maximum atomic E-state index is 12.5. The summed E-state index contributed by atoms with van der Waals surface area (Å²) in [5.74, 6) is 0.689. The van der Waals surface area contributed by atoms with Crippen LogP contribution in [0.15, 0.2) is 48.5 Å². The third-order valence-corrected chi connectivity index (χ3v) is 5.42. The van der Waals surface area contributed by atoms with Gasteiger partial charge < -0.3 is 4.90 Å². The number of carbonyl (C=O) groups excluding carboxylic acids is 1. The van der Waals surface area contributed by atoms with E-state index in [1.165, 1.54) is 11.1 Å². The Balaban J connectivity index is 1.60. The van der Waals surface area contributed by atoms with Crippen molar-refractivity contribution >= 4 is 35.0 Å². The van der Waals surface area contributed by atoms with E-state index >= 15 is 0 Å². The van der Waals surface area contributed by atoms with Gasteiger partial charge >= 0.3 is 0 Å². The Kier molecular flexibility index (Phi) is 4.74. The number of halogens is 1. The fourth-order valence-electron chi connectivity index (χ4n) is 2.70. The first kappa shape index (κ1) is 15.4. The van der Waals surface area contributed by atoms with Crippen LogP contribution in [0.1, 0.15) is 23.3 Å². The number of amides is 1. The summed E-state index contributed by atoms with van der Waals surface area (Å²) >= 11 is 7.58. The van der Waals surface area contributed by atoms with Crippen LogP contribution in [0.4, 0.5) is 5.69 Å². The number of hydrogen-bond donors (Lipinski definition) is 0. The molecule has 0 spiro atoms. The lowest BCUT2D eigenvalue weighted by molar-refractivity contribution is -0.116. The molecule has 2 aromatic carbocycles. The lowest BCUT2D eigenvalue weighted by Gasteiger charge is -2.18. The second kappa shape index (κ2) is 6.76. The third kappa shape index (κ3) is 3.31. The summed E-state index contributed by atoms with van der Waals surface area (Å²) in [6.07, 6.45) is 0.958. The van der Waals surface area contributed by atoms with Gasteiger partial charge in [0.15, 0.2) is 0 Å². The summed E-state index contributed by atoms with van der Waals surface area (Å²) in [5.41, 5.74) is 3.54. The highest BCUT2D eigenvalue weighted by Gasteiger charge is 2.24. The van der Waals surface area contributed by atoms with Crippen LogP contribution in [0.3, 0.4) is 0 Å². The zero-order chi connectivity index (χ0) is 15.5. The molecule has 114 valence electrons. The SMILES string of the molecule is CC(SCC(=O)N1CCc2ccccc21)c1ccc(Cl)cc1. The topological polar surface area (TPSA) is 20.3 Å². The molecule has 0 saturated heterocycles. The van der Waals surface area contributed by atoms with Gasteiger partial charge in [0.25, 0.3) is 0 Å². The first-order valence-electron chi connectivity index (χ1n) is 7.40. The monoisotopic (exact) mass is 331 g/mol. The van der Waals surface area contributed by atoms with E-state index in [2.05, 4.69) is 13.0 Å². The van der Waals surface area contributed by atoms with Gasteiger partial charge in [-0.25, -0.2) is 0 Å². The van der Waals surface area contributed by atoms with E-state index in [1.54, 1.807) is 11.8 Å². The number of para-hydroxylation sites is 1. The molecule has 1 heterocycles. The Labute approximate surface area is 140 Å². The largest absolute Gasteiger partial charge is 0.311 e. The minimum atomic E-state index is 0.191. The molecule has 0 aromatic heterocycles. The number of benzene rings is 2. The molecule has 3 rings (SSSR count). The average molecular weight is 332 g/mol. The minimum absolute atomic E-state index is 0.191. The Hall–Kier alpha value is -1.45. The standard InChI is InChI=1S/C18H18ClNOS/c1-13(14-6-8-16(19)9-7-14)22-12-18(21)20-11-10-15-4-2-3-5-17(15)20/h2-9,13H,10-12H2,1H3. The van der Waals surface area contributed by atoms with Crippen molar-refractivity contribution in [2.45, 2.75) is 18.6 Å². The van der Waals surface area contributed by atoms with Gasteiger partial charge in [-0.15, -0.1) is 11.8 Å². The summed E-state index contributed by atoms with van der Waals surface area (Å²) in [4.78, 5) is 14.4. The van der Waals surface area contributed by atoms with Gasteiger partial charge in [0, 0.05) is 22.5 Å². The van der Waals surface area contributed by atoms with Gasteiger partial charge in [-0.3, -0.25) is 4.79 Å². The average Bonchev–Trinajstić information content (AvgIpc) is 2.97. The van der Waals surface area contributed by atoms with Crippen LogP contribution < -0.4 is 4.90 Å². The van der Waals surface area contributed by atoms with Crippen molar-refractivity contribution in [2.75, 3.05) is 17.2 Å². The van der Waals surface area contributed by atoms with Gasteiger partial charge in [-0.2, -0.15) is 0 Å². The number of thioether (sulfide) groups is 1. The predicted octanol–water partition coefficient (Wildman–Crippen LogP) is 4.72. The van der Waals surface area contributed by atoms with Crippen molar-refractivity contribution in [3.8, 4) is 0 Å². The van der Waals surface area contributed by atoms with Crippen molar-refractivity contribution in [3.05, 3.63) is 64.7 Å². The quantitative estimate of drug-likeness (QED) is 0.807. The van der Waals surface area contributed by atoms with E-state index in [0.717, 1.165) is 23.7 Å². The molecule has 0 radical (unpaired) electrons. The molecule has 0 fully saturated rings. The second-order valence-electron chi connectivity index (χ2n) is 5.43. The summed E-state index contributed by atoms with van der Waals surface area (Å²) < 4.78 is 0. The first-order chi connectivity index (χ1) is 10.6. The van der Waals surface area contributed by atoms with Crippen molar-refractivity contribution in [2.24, 2.45) is 0 Å². The van der Waals surface area contributed by atoms with Crippen molar-refractivity contribution < 1.29 is 4.79 Å². The predicted molar refractivity (Wildman–Crippen MR) is 94.8 cm³/mol. The number of hydrogen-bond acceptors (Lipinski definition) is 2. The summed E-state index contributed by atoms with van der Waals surface area (Å²) in [7, 11) is 0. The summed E-state index contributed by atoms with van der Waals surface area (Å²) in [6.45, 7) is 2.92. The van der Waals surface area contributed by atoms with Crippen molar-refractivity contribution in [1.29, 1.82) is 0 Å². The molecule has 0 aliphatic carbocycles. The maximum absolute atomic E-state index is 12.5. The van der Waals surface area contributed by atoms with E-state index < -0.39 is 0 Å². The lowest BCUT2D eigenvalue weighted by atomic mass is 10.2. The molecule has 1 aliphatic rings. The third-order valence-electron chi connectivity index (χ3n) is 3.98. The molecule has 0 N–H and O–H groups in total. The highest BCUT2D eigenvalue weighted by atomic mass is 35.5. The highest BCUT2D eigenvalue weighted by Crippen LogP contribution is 2.32. The van der Waals surface area contributed by atoms with Crippen LogP contribution in [0.2, 0.25) is 5.02 Å². The highest BCUT2D eigenvalue weighted by molar-refractivity contribution is 8.00. The maximum Gasteiger partial charge on any atom is 0.237 e. The Morgan fingerprint density at radius 1 is 1.23 bits per heavy atom. The zero-order valence-corrected chi connectivity index (χ0v) is 14.0. The minimum Gasteiger partial charge on any atom is -0.311 e. The van der Waals surface area contributed by atoms with E-state index in [9.17, 15) is 4.79 Å². The molecular formula is C18H18ClNOS. The van der Waals surface area contributed by atoms with E-state index in [1.807, 2.05) is 47.4 Å². The molecule has 2 nitrogen and oxygen atoms in total. The number of nitrogens with zero attached hydrogens (tertiary/aromatic N) is 1. The van der Waals surface area contributed by atoms with Crippen LogP contribution in [-0.2, 0) is 11.2 Å². The van der Waals surface area contributed by atoms with Crippen LogP contribution in [-0.4, -0.2) is 18.2 Å². The van der Waals surface area contributed by atoms with E-state index in [0.29, 0.717) is 5.75 Å². The zero-order valence-electron chi connectivity index (χ0n) is 12.5. The normalized spacial score (nSPS) is 14.7. The van der Waals surface area contributed by atoms with Crippen LogP contribution >= 0.6 is 23.4 Å². The van der Waals surface area contributed by atoms with Gasteiger partial charge in [-0.1, -0.05) is 41.9 Å². The Bertz CT molecular complexity index is 671.